The molecule has 0 aliphatic rings. The minimum atomic E-state index is -0.781. The van der Waals surface area contributed by atoms with Crippen LogP contribution in [0.5, 0.6) is 0 Å². The summed E-state index contributed by atoms with van der Waals surface area (Å²) in [6.07, 6.45) is -0.350. The fourth-order valence-corrected chi connectivity index (χ4v) is 0.839. The summed E-state index contributed by atoms with van der Waals surface area (Å²) in [6.45, 7) is 9.02. The van der Waals surface area contributed by atoms with Gasteiger partial charge in [0.2, 0.25) is 0 Å². The predicted octanol–water partition coefficient (Wildman–Crippen LogP) is 1.92. The average Bonchev–Trinajstić information content (AvgIpc) is 2.12. The van der Waals surface area contributed by atoms with Gasteiger partial charge in [-0.3, -0.25) is 4.79 Å². The Balaban J connectivity index is 4.34. The molecule has 15 heavy (non-hydrogen) atoms. The molecule has 1 atom stereocenters. The lowest BCUT2D eigenvalue weighted by molar-refractivity contribution is -0.173. The molecular formula is C11H20O4. The van der Waals surface area contributed by atoms with Crippen LogP contribution in [-0.4, -0.2) is 24.6 Å². The topological polar surface area (TPSA) is 52.6 Å². The molecule has 0 aliphatic carbocycles. The molecule has 0 radical (unpaired) electrons. The lowest BCUT2D eigenvalue weighted by Crippen LogP contribution is -2.33. The van der Waals surface area contributed by atoms with E-state index < -0.39 is 17.5 Å². The zero-order chi connectivity index (χ0) is 12.1. The second kappa shape index (κ2) is 5.73. The molecule has 4 nitrogen and oxygen atoms in total. The van der Waals surface area contributed by atoms with Crippen molar-refractivity contribution in [1.29, 1.82) is 0 Å². The summed E-state index contributed by atoms with van der Waals surface area (Å²) in [5.74, 6) is -0.861. The van der Waals surface area contributed by atoms with Gasteiger partial charge < -0.3 is 9.47 Å². The van der Waals surface area contributed by atoms with Crippen LogP contribution in [-0.2, 0) is 19.1 Å². The monoisotopic (exact) mass is 216 g/mol. The number of esters is 2. The van der Waals surface area contributed by atoms with Gasteiger partial charge in [-0.25, -0.2) is 4.79 Å². The number of hydrogen-bond donors (Lipinski definition) is 0. The lowest BCUT2D eigenvalue weighted by Gasteiger charge is -2.21. The molecule has 0 N–H and O–H groups in total. The Kier molecular flexibility index (Phi) is 5.33. The van der Waals surface area contributed by atoms with Crippen molar-refractivity contribution in [2.75, 3.05) is 6.61 Å². The number of carbonyl (C=O) groups excluding carboxylic acids is 2. The largest absolute Gasteiger partial charge is 0.463 e. The average molecular weight is 216 g/mol. The van der Waals surface area contributed by atoms with Crippen LogP contribution >= 0.6 is 0 Å². The molecule has 0 saturated heterocycles. The van der Waals surface area contributed by atoms with Crippen molar-refractivity contribution in [2.45, 2.75) is 47.1 Å². The van der Waals surface area contributed by atoms with Crippen molar-refractivity contribution in [3.05, 3.63) is 0 Å². The van der Waals surface area contributed by atoms with Crippen LogP contribution in [0.15, 0.2) is 0 Å². The normalized spacial score (nSPS) is 13.1. The van der Waals surface area contributed by atoms with Gasteiger partial charge in [-0.2, -0.15) is 0 Å². The minimum absolute atomic E-state index is 0.294. The molecule has 0 aromatic rings. The molecule has 0 rings (SSSR count). The number of hydrogen-bond acceptors (Lipinski definition) is 4. The minimum Gasteiger partial charge on any atom is -0.463 e. The van der Waals surface area contributed by atoms with Crippen molar-refractivity contribution in [2.24, 2.45) is 5.41 Å². The summed E-state index contributed by atoms with van der Waals surface area (Å²) in [5, 5.41) is 0. The summed E-state index contributed by atoms with van der Waals surface area (Å²) >= 11 is 0. The molecule has 0 saturated carbocycles. The molecule has 88 valence electrons. The summed E-state index contributed by atoms with van der Waals surface area (Å²) in [4.78, 5) is 22.8. The van der Waals surface area contributed by atoms with E-state index in [9.17, 15) is 9.59 Å². The van der Waals surface area contributed by atoms with E-state index in [1.807, 2.05) is 0 Å². The fourth-order valence-electron chi connectivity index (χ4n) is 0.839. The molecule has 0 heterocycles. The summed E-state index contributed by atoms with van der Waals surface area (Å²) in [5.41, 5.74) is -0.597. The molecule has 0 bridgehead atoms. The molecule has 0 aliphatic heterocycles. The van der Waals surface area contributed by atoms with Gasteiger partial charge in [-0.1, -0.05) is 6.92 Å². The van der Waals surface area contributed by atoms with Crippen molar-refractivity contribution in [1.82, 2.24) is 0 Å². The maximum Gasteiger partial charge on any atom is 0.347 e. The second-order valence-corrected chi connectivity index (χ2v) is 4.30. The van der Waals surface area contributed by atoms with Gasteiger partial charge in [-0.05, 0) is 34.1 Å². The van der Waals surface area contributed by atoms with Crippen molar-refractivity contribution in [3.63, 3.8) is 0 Å². The molecule has 0 aromatic carbocycles. The van der Waals surface area contributed by atoms with Crippen LogP contribution in [0.25, 0.3) is 0 Å². The Bertz CT molecular complexity index is 227. The first-order valence-electron chi connectivity index (χ1n) is 5.20. The lowest BCUT2D eigenvalue weighted by atomic mass is 9.97. The molecule has 0 amide bonds. The standard InChI is InChI=1S/C11H20O4/c1-6-8(9(12)14-7-2)15-10(13)11(3,4)5/h8H,6-7H2,1-5H3. The molecule has 4 heteroatoms. The second-order valence-electron chi connectivity index (χ2n) is 4.30. The highest BCUT2D eigenvalue weighted by Crippen LogP contribution is 2.17. The molecule has 0 spiro atoms. The van der Waals surface area contributed by atoms with Gasteiger partial charge in [0, 0.05) is 0 Å². The van der Waals surface area contributed by atoms with Crippen LogP contribution in [0.2, 0.25) is 0 Å². The maximum atomic E-state index is 11.5. The molecular weight excluding hydrogens is 196 g/mol. The zero-order valence-electron chi connectivity index (χ0n) is 10.1. The van der Waals surface area contributed by atoms with Crippen LogP contribution in [0.3, 0.4) is 0 Å². The SMILES string of the molecule is CCOC(=O)C(CC)OC(=O)C(C)(C)C. The third-order valence-electron chi connectivity index (χ3n) is 1.78. The Labute approximate surface area is 90.9 Å². The van der Waals surface area contributed by atoms with Crippen LogP contribution in [0.4, 0.5) is 0 Å². The maximum absolute atomic E-state index is 11.5. The zero-order valence-corrected chi connectivity index (χ0v) is 10.1. The van der Waals surface area contributed by atoms with Gasteiger partial charge in [0.25, 0.3) is 0 Å². The fraction of sp³-hybridized carbons (Fsp3) is 0.818. The van der Waals surface area contributed by atoms with E-state index in [-0.39, 0.29) is 5.97 Å². The van der Waals surface area contributed by atoms with Crippen molar-refractivity contribution >= 4 is 11.9 Å². The number of ether oxygens (including phenoxy) is 2. The van der Waals surface area contributed by atoms with Gasteiger partial charge in [0.05, 0.1) is 12.0 Å². The summed E-state index contributed by atoms with van der Waals surface area (Å²) < 4.78 is 9.86. The quantitative estimate of drug-likeness (QED) is 0.674. The Morgan fingerprint density at radius 2 is 1.73 bits per heavy atom. The third-order valence-corrected chi connectivity index (χ3v) is 1.78. The highest BCUT2D eigenvalue weighted by atomic mass is 16.6. The van der Waals surface area contributed by atoms with Crippen LogP contribution in [0.1, 0.15) is 41.0 Å². The highest BCUT2D eigenvalue weighted by Gasteiger charge is 2.29. The van der Waals surface area contributed by atoms with E-state index >= 15 is 0 Å². The molecule has 0 fully saturated rings. The number of rotatable bonds is 4. The van der Waals surface area contributed by atoms with Gasteiger partial charge in [-0.15, -0.1) is 0 Å². The van der Waals surface area contributed by atoms with Gasteiger partial charge in [0.15, 0.2) is 6.10 Å². The van der Waals surface area contributed by atoms with Crippen LogP contribution in [0, 0.1) is 5.41 Å². The van der Waals surface area contributed by atoms with Crippen molar-refractivity contribution in [3.8, 4) is 0 Å². The van der Waals surface area contributed by atoms with E-state index in [4.69, 9.17) is 9.47 Å². The van der Waals surface area contributed by atoms with Gasteiger partial charge in [0.1, 0.15) is 0 Å². The number of carbonyl (C=O) groups is 2. The summed E-state index contributed by atoms with van der Waals surface area (Å²) in [7, 11) is 0. The molecule has 1 unspecified atom stereocenters. The van der Waals surface area contributed by atoms with Gasteiger partial charge >= 0.3 is 11.9 Å². The Hall–Kier alpha value is -1.06. The first-order chi connectivity index (χ1) is 6.82. The van der Waals surface area contributed by atoms with E-state index in [0.29, 0.717) is 13.0 Å². The van der Waals surface area contributed by atoms with Crippen molar-refractivity contribution < 1.29 is 19.1 Å². The highest BCUT2D eigenvalue weighted by molar-refractivity contribution is 5.81. The van der Waals surface area contributed by atoms with E-state index in [1.165, 1.54) is 0 Å². The van der Waals surface area contributed by atoms with E-state index in [1.54, 1.807) is 34.6 Å². The first-order valence-corrected chi connectivity index (χ1v) is 5.20. The van der Waals surface area contributed by atoms with Crippen LogP contribution < -0.4 is 0 Å². The summed E-state index contributed by atoms with van der Waals surface area (Å²) in [6, 6.07) is 0. The van der Waals surface area contributed by atoms with E-state index in [2.05, 4.69) is 0 Å². The Morgan fingerprint density at radius 3 is 2.07 bits per heavy atom. The predicted molar refractivity (Wildman–Crippen MR) is 56.3 cm³/mol. The first kappa shape index (κ1) is 13.9. The smallest absolute Gasteiger partial charge is 0.347 e. The van der Waals surface area contributed by atoms with E-state index in [0.717, 1.165) is 0 Å². The Morgan fingerprint density at radius 1 is 1.20 bits per heavy atom. The molecule has 0 aromatic heterocycles. The third kappa shape index (κ3) is 4.81.